The van der Waals surface area contributed by atoms with Gasteiger partial charge in [0.15, 0.2) is 0 Å². The number of halogens is 1. The van der Waals surface area contributed by atoms with E-state index in [1.165, 1.54) is 24.3 Å². The monoisotopic (exact) mass is 180 g/mol. The van der Waals surface area contributed by atoms with Crippen molar-refractivity contribution in [3.05, 3.63) is 42.2 Å². The van der Waals surface area contributed by atoms with Gasteiger partial charge in [-0.1, -0.05) is 12.1 Å². The number of carbonyl (C=O) groups excluding carboxylic acids is 1. The molecule has 1 aromatic carbocycles. The number of ether oxygens (including phenoxy) is 1. The molecular formula is C10H9FO2. The lowest BCUT2D eigenvalue weighted by molar-refractivity contribution is -0.129. The highest BCUT2D eigenvalue weighted by atomic mass is 19.1. The molecule has 0 radical (unpaired) electrons. The molecule has 0 amide bonds. The smallest absolute Gasteiger partial charge is 0.335 e. The molecule has 1 rings (SSSR count). The van der Waals surface area contributed by atoms with Crippen LogP contribution in [0.25, 0.3) is 0 Å². The van der Waals surface area contributed by atoms with Crippen LogP contribution in [0, 0.1) is 5.82 Å². The first kappa shape index (κ1) is 9.45. The Hall–Kier alpha value is -1.64. The average Bonchev–Trinajstić information content (AvgIpc) is 2.04. The van der Waals surface area contributed by atoms with Crippen LogP contribution in [0.2, 0.25) is 0 Å². The third kappa shape index (κ3) is 3.07. The van der Waals surface area contributed by atoms with Crippen molar-refractivity contribution < 1.29 is 13.9 Å². The molecule has 68 valence electrons. The van der Waals surface area contributed by atoms with E-state index in [1.807, 2.05) is 0 Å². The van der Waals surface area contributed by atoms with Crippen LogP contribution in [0.4, 0.5) is 4.39 Å². The third-order valence-corrected chi connectivity index (χ3v) is 1.32. The lowest BCUT2D eigenvalue weighted by Gasteiger charge is -1.99. The summed E-state index contributed by atoms with van der Waals surface area (Å²) in [6.07, 6.45) is 2.83. The van der Waals surface area contributed by atoms with Crippen molar-refractivity contribution in [2.24, 2.45) is 0 Å². The number of hydrogen-bond acceptors (Lipinski definition) is 2. The molecule has 0 aliphatic carbocycles. The molecule has 0 N–H and O–H groups in total. The first-order chi connectivity index (χ1) is 6.22. The Balaban J connectivity index is 2.69. The van der Waals surface area contributed by atoms with Crippen LogP contribution in [0.5, 0.6) is 5.75 Å². The predicted molar refractivity (Wildman–Crippen MR) is 46.8 cm³/mol. The maximum atomic E-state index is 12.6. The SMILES string of the molecule is C/C=C/C(=O)Oc1cccc(F)c1. The second-order valence-electron chi connectivity index (χ2n) is 2.38. The van der Waals surface area contributed by atoms with E-state index < -0.39 is 11.8 Å². The van der Waals surface area contributed by atoms with Crippen molar-refractivity contribution in [1.29, 1.82) is 0 Å². The lowest BCUT2D eigenvalue weighted by atomic mass is 10.3. The summed E-state index contributed by atoms with van der Waals surface area (Å²) in [4.78, 5) is 10.9. The summed E-state index contributed by atoms with van der Waals surface area (Å²) < 4.78 is 17.4. The second kappa shape index (κ2) is 4.40. The minimum absolute atomic E-state index is 0.211. The van der Waals surface area contributed by atoms with E-state index >= 15 is 0 Å². The number of benzene rings is 1. The standard InChI is InChI=1S/C10H9FO2/c1-2-4-10(12)13-9-6-3-5-8(11)7-9/h2-7H,1H3/b4-2+. The largest absolute Gasteiger partial charge is 0.423 e. The molecule has 0 unspecified atom stereocenters. The minimum atomic E-state index is -0.506. The van der Waals surface area contributed by atoms with E-state index in [2.05, 4.69) is 0 Å². The van der Waals surface area contributed by atoms with E-state index in [1.54, 1.807) is 13.0 Å². The van der Waals surface area contributed by atoms with Gasteiger partial charge in [0.05, 0.1) is 0 Å². The van der Waals surface area contributed by atoms with Crippen LogP contribution >= 0.6 is 0 Å². The topological polar surface area (TPSA) is 26.3 Å². The van der Waals surface area contributed by atoms with E-state index in [0.29, 0.717) is 0 Å². The minimum Gasteiger partial charge on any atom is -0.423 e. The van der Waals surface area contributed by atoms with Gasteiger partial charge in [-0.15, -0.1) is 0 Å². The zero-order valence-corrected chi connectivity index (χ0v) is 7.16. The Bertz CT molecular complexity index is 331. The first-order valence-electron chi connectivity index (χ1n) is 3.82. The van der Waals surface area contributed by atoms with E-state index in [0.717, 1.165) is 6.07 Å². The molecule has 0 aromatic heterocycles. The molecule has 13 heavy (non-hydrogen) atoms. The normalized spacial score (nSPS) is 10.3. The molecule has 0 aliphatic heterocycles. The zero-order valence-electron chi connectivity index (χ0n) is 7.16. The number of allylic oxidation sites excluding steroid dienone is 1. The molecule has 0 spiro atoms. The number of carbonyl (C=O) groups is 1. The highest BCUT2D eigenvalue weighted by Crippen LogP contribution is 2.11. The Labute approximate surface area is 75.6 Å². The summed E-state index contributed by atoms with van der Waals surface area (Å²) in [6, 6.07) is 5.44. The second-order valence-corrected chi connectivity index (χ2v) is 2.38. The molecule has 0 heterocycles. The molecule has 0 aliphatic rings. The van der Waals surface area contributed by atoms with Crippen LogP contribution in [0.3, 0.4) is 0 Å². The van der Waals surface area contributed by atoms with Crippen molar-refractivity contribution >= 4 is 5.97 Å². The third-order valence-electron chi connectivity index (χ3n) is 1.32. The van der Waals surface area contributed by atoms with Crippen molar-refractivity contribution in [2.75, 3.05) is 0 Å². The number of rotatable bonds is 2. The van der Waals surface area contributed by atoms with Crippen molar-refractivity contribution in [2.45, 2.75) is 6.92 Å². The summed E-state index contributed by atoms with van der Waals surface area (Å²) >= 11 is 0. The maximum Gasteiger partial charge on any atom is 0.335 e. The molecule has 0 fully saturated rings. The average molecular weight is 180 g/mol. The molecule has 2 nitrogen and oxygen atoms in total. The van der Waals surface area contributed by atoms with Gasteiger partial charge in [-0.2, -0.15) is 0 Å². The van der Waals surface area contributed by atoms with Gasteiger partial charge in [-0.25, -0.2) is 9.18 Å². The first-order valence-corrected chi connectivity index (χ1v) is 3.82. The van der Waals surface area contributed by atoms with Crippen LogP contribution in [0.1, 0.15) is 6.92 Å². The van der Waals surface area contributed by atoms with Gasteiger partial charge in [0, 0.05) is 12.1 Å². The van der Waals surface area contributed by atoms with E-state index in [-0.39, 0.29) is 5.75 Å². The molecule has 1 aromatic rings. The number of hydrogen-bond donors (Lipinski definition) is 0. The quantitative estimate of drug-likeness (QED) is 0.396. The summed E-state index contributed by atoms with van der Waals surface area (Å²) in [5, 5.41) is 0. The molecule has 3 heteroatoms. The van der Waals surface area contributed by atoms with Gasteiger partial charge in [-0.3, -0.25) is 0 Å². The van der Waals surface area contributed by atoms with Gasteiger partial charge >= 0.3 is 5.97 Å². The molecule has 0 saturated carbocycles. The van der Waals surface area contributed by atoms with Crippen molar-refractivity contribution in [1.82, 2.24) is 0 Å². The van der Waals surface area contributed by atoms with Crippen molar-refractivity contribution in [3.63, 3.8) is 0 Å². The highest BCUT2D eigenvalue weighted by molar-refractivity contribution is 5.83. The van der Waals surface area contributed by atoms with Gasteiger partial charge in [0.2, 0.25) is 0 Å². The fourth-order valence-corrected chi connectivity index (χ4v) is 0.817. The fourth-order valence-electron chi connectivity index (χ4n) is 0.817. The number of esters is 1. The Morgan fingerprint density at radius 2 is 2.31 bits per heavy atom. The Morgan fingerprint density at radius 1 is 1.54 bits per heavy atom. The fraction of sp³-hybridized carbons (Fsp3) is 0.100. The van der Waals surface area contributed by atoms with Crippen LogP contribution < -0.4 is 4.74 Å². The van der Waals surface area contributed by atoms with Gasteiger partial charge in [0.25, 0.3) is 0 Å². The van der Waals surface area contributed by atoms with Crippen molar-refractivity contribution in [3.8, 4) is 5.75 Å². The van der Waals surface area contributed by atoms with Gasteiger partial charge in [-0.05, 0) is 19.1 Å². The molecular weight excluding hydrogens is 171 g/mol. The van der Waals surface area contributed by atoms with Gasteiger partial charge < -0.3 is 4.74 Å². The lowest BCUT2D eigenvalue weighted by Crippen LogP contribution is -2.03. The molecule has 0 saturated heterocycles. The molecule has 0 bridgehead atoms. The highest BCUT2D eigenvalue weighted by Gasteiger charge is 1.99. The summed E-state index contributed by atoms with van der Waals surface area (Å²) in [5.41, 5.74) is 0. The van der Waals surface area contributed by atoms with Crippen LogP contribution in [-0.2, 0) is 4.79 Å². The Kier molecular flexibility index (Phi) is 3.20. The predicted octanol–water partition coefficient (Wildman–Crippen LogP) is 2.31. The van der Waals surface area contributed by atoms with Gasteiger partial charge in [0.1, 0.15) is 11.6 Å². The summed E-state index contributed by atoms with van der Waals surface area (Å²) in [6.45, 7) is 1.70. The van der Waals surface area contributed by atoms with Crippen LogP contribution in [0.15, 0.2) is 36.4 Å². The van der Waals surface area contributed by atoms with E-state index in [4.69, 9.17) is 4.74 Å². The maximum absolute atomic E-state index is 12.6. The molecule has 0 atom stereocenters. The van der Waals surface area contributed by atoms with Crippen LogP contribution in [-0.4, -0.2) is 5.97 Å². The summed E-state index contributed by atoms with van der Waals surface area (Å²) in [7, 11) is 0. The summed E-state index contributed by atoms with van der Waals surface area (Å²) in [5.74, 6) is -0.720. The Morgan fingerprint density at radius 3 is 2.92 bits per heavy atom. The zero-order chi connectivity index (χ0) is 9.68. The van der Waals surface area contributed by atoms with E-state index in [9.17, 15) is 9.18 Å².